The van der Waals surface area contributed by atoms with E-state index in [-0.39, 0.29) is 12.1 Å². The fourth-order valence-corrected chi connectivity index (χ4v) is 2.74. The highest BCUT2D eigenvalue weighted by atomic mass is 16.3. The van der Waals surface area contributed by atoms with E-state index in [1.165, 1.54) is 6.42 Å². The molecule has 1 saturated heterocycles. The SMILES string of the molecule is CCC(N)C(c1ccco1)N1CCC(C)(C)C1. The molecule has 1 fully saturated rings. The minimum atomic E-state index is 0.148. The first-order valence-electron chi connectivity index (χ1n) is 6.56. The fourth-order valence-electron chi connectivity index (χ4n) is 2.74. The summed E-state index contributed by atoms with van der Waals surface area (Å²) in [6.07, 6.45) is 3.95. The highest BCUT2D eigenvalue weighted by Gasteiger charge is 2.37. The number of nitrogens with two attached hydrogens (primary N) is 1. The maximum Gasteiger partial charge on any atom is 0.122 e. The summed E-state index contributed by atoms with van der Waals surface area (Å²) in [4.78, 5) is 2.48. The molecule has 0 aliphatic carbocycles. The van der Waals surface area contributed by atoms with E-state index in [0.717, 1.165) is 25.3 Å². The van der Waals surface area contributed by atoms with Gasteiger partial charge in [0.1, 0.15) is 5.76 Å². The molecule has 0 bridgehead atoms. The van der Waals surface area contributed by atoms with Crippen LogP contribution in [-0.4, -0.2) is 24.0 Å². The van der Waals surface area contributed by atoms with E-state index >= 15 is 0 Å². The molecule has 0 spiro atoms. The van der Waals surface area contributed by atoms with Crippen molar-refractivity contribution in [3.8, 4) is 0 Å². The number of hydrogen-bond donors (Lipinski definition) is 1. The van der Waals surface area contributed by atoms with Crippen LogP contribution >= 0.6 is 0 Å². The van der Waals surface area contributed by atoms with E-state index in [1.54, 1.807) is 6.26 Å². The van der Waals surface area contributed by atoms with Gasteiger partial charge in [0, 0.05) is 12.6 Å². The van der Waals surface area contributed by atoms with E-state index in [1.807, 2.05) is 12.1 Å². The lowest BCUT2D eigenvalue weighted by atomic mass is 9.93. The third kappa shape index (κ3) is 2.72. The second-order valence-electron chi connectivity index (χ2n) is 5.92. The highest BCUT2D eigenvalue weighted by molar-refractivity contribution is 5.09. The average molecular weight is 236 g/mol. The summed E-state index contributed by atoms with van der Waals surface area (Å²) in [5.74, 6) is 1.01. The summed E-state index contributed by atoms with van der Waals surface area (Å²) in [5.41, 5.74) is 6.68. The van der Waals surface area contributed by atoms with Crippen molar-refractivity contribution in [2.75, 3.05) is 13.1 Å². The summed E-state index contributed by atoms with van der Waals surface area (Å²) in [5, 5.41) is 0. The molecule has 96 valence electrons. The number of rotatable bonds is 4. The molecule has 1 aliphatic rings. The van der Waals surface area contributed by atoms with Crippen molar-refractivity contribution in [3.05, 3.63) is 24.2 Å². The lowest BCUT2D eigenvalue weighted by Gasteiger charge is -2.31. The zero-order valence-electron chi connectivity index (χ0n) is 11.1. The number of furan rings is 1. The smallest absolute Gasteiger partial charge is 0.122 e. The van der Waals surface area contributed by atoms with Crippen molar-refractivity contribution in [2.45, 2.75) is 45.7 Å². The van der Waals surface area contributed by atoms with Crippen LogP contribution in [0.5, 0.6) is 0 Å². The van der Waals surface area contributed by atoms with E-state index in [4.69, 9.17) is 10.2 Å². The van der Waals surface area contributed by atoms with Crippen LogP contribution < -0.4 is 5.73 Å². The molecule has 2 rings (SSSR count). The Morgan fingerprint density at radius 1 is 1.53 bits per heavy atom. The Labute approximate surface area is 104 Å². The van der Waals surface area contributed by atoms with Crippen LogP contribution in [-0.2, 0) is 0 Å². The van der Waals surface area contributed by atoms with Crippen LogP contribution in [0.4, 0.5) is 0 Å². The first-order chi connectivity index (χ1) is 8.03. The van der Waals surface area contributed by atoms with E-state index in [0.29, 0.717) is 5.41 Å². The summed E-state index contributed by atoms with van der Waals surface area (Å²) in [7, 11) is 0. The van der Waals surface area contributed by atoms with Gasteiger partial charge < -0.3 is 10.2 Å². The van der Waals surface area contributed by atoms with Crippen molar-refractivity contribution in [2.24, 2.45) is 11.1 Å². The quantitative estimate of drug-likeness (QED) is 0.874. The third-order valence-corrected chi connectivity index (χ3v) is 3.81. The largest absolute Gasteiger partial charge is 0.468 e. The molecule has 0 saturated carbocycles. The molecule has 1 aliphatic heterocycles. The number of nitrogens with zero attached hydrogens (tertiary/aromatic N) is 1. The second-order valence-corrected chi connectivity index (χ2v) is 5.92. The lowest BCUT2D eigenvalue weighted by molar-refractivity contribution is 0.166. The van der Waals surface area contributed by atoms with Gasteiger partial charge in [-0.05, 0) is 36.9 Å². The van der Waals surface area contributed by atoms with Gasteiger partial charge >= 0.3 is 0 Å². The third-order valence-electron chi connectivity index (χ3n) is 3.81. The summed E-state index contributed by atoms with van der Waals surface area (Å²) in [6, 6.07) is 4.38. The van der Waals surface area contributed by atoms with Gasteiger partial charge in [0.25, 0.3) is 0 Å². The van der Waals surface area contributed by atoms with Gasteiger partial charge in [-0.3, -0.25) is 4.90 Å². The second kappa shape index (κ2) is 4.83. The monoisotopic (exact) mass is 236 g/mol. The van der Waals surface area contributed by atoms with Gasteiger partial charge in [-0.25, -0.2) is 0 Å². The van der Waals surface area contributed by atoms with Crippen LogP contribution in [0.1, 0.15) is 45.4 Å². The number of hydrogen-bond acceptors (Lipinski definition) is 3. The van der Waals surface area contributed by atoms with Crippen molar-refractivity contribution in [1.82, 2.24) is 4.90 Å². The molecule has 0 aromatic carbocycles. The average Bonchev–Trinajstić information content (AvgIpc) is 2.89. The zero-order chi connectivity index (χ0) is 12.5. The van der Waals surface area contributed by atoms with Crippen molar-refractivity contribution in [1.29, 1.82) is 0 Å². The molecule has 3 heteroatoms. The van der Waals surface area contributed by atoms with Crippen LogP contribution in [0.3, 0.4) is 0 Å². The Bertz CT molecular complexity index is 345. The maximum absolute atomic E-state index is 6.28. The first-order valence-corrected chi connectivity index (χ1v) is 6.56. The van der Waals surface area contributed by atoms with Gasteiger partial charge in [0.2, 0.25) is 0 Å². The Hall–Kier alpha value is -0.800. The van der Waals surface area contributed by atoms with Crippen LogP contribution in [0, 0.1) is 5.41 Å². The summed E-state index contributed by atoms with van der Waals surface area (Å²) < 4.78 is 5.58. The molecule has 1 aromatic heterocycles. The van der Waals surface area contributed by atoms with Crippen molar-refractivity contribution < 1.29 is 4.42 Å². The predicted octanol–water partition coefficient (Wildman–Crippen LogP) is 2.79. The molecule has 2 atom stereocenters. The van der Waals surface area contributed by atoms with Crippen LogP contribution in [0.25, 0.3) is 0 Å². The maximum atomic E-state index is 6.28. The predicted molar refractivity (Wildman–Crippen MR) is 69.7 cm³/mol. The number of likely N-dealkylation sites (tertiary alicyclic amines) is 1. The van der Waals surface area contributed by atoms with Gasteiger partial charge in [0.05, 0.1) is 12.3 Å². The Morgan fingerprint density at radius 3 is 2.76 bits per heavy atom. The zero-order valence-corrected chi connectivity index (χ0v) is 11.1. The molecule has 2 N–H and O–H groups in total. The normalized spacial score (nSPS) is 23.8. The molecule has 0 amide bonds. The summed E-state index contributed by atoms with van der Waals surface area (Å²) in [6.45, 7) is 9.01. The van der Waals surface area contributed by atoms with Gasteiger partial charge in [0.15, 0.2) is 0 Å². The highest BCUT2D eigenvalue weighted by Crippen LogP contribution is 2.36. The fraction of sp³-hybridized carbons (Fsp3) is 0.714. The Kier molecular flexibility index (Phi) is 3.59. The molecule has 1 aromatic rings. The van der Waals surface area contributed by atoms with Crippen LogP contribution in [0.15, 0.2) is 22.8 Å². The van der Waals surface area contributed by atoms with E-state index < -0.39 is 0 Å². The molecule has 3 nitrogen and oxygen atoms in total. The molecular formula is C14H24N2O. The van der Waals surface area contributed by atoms with Crippen LogP contribution in [0.2, 0.25) is 0 Å². The Morgan fingerprint density at radius 2 is 2.29 bits per heavy atom. The molecule has 2 heterocycles. The van der Waals surface area contributed by atoms with Gasteiger partial charge in [-0.1, -0.05) is 20.8 Å². The summed E-state index contributed by atoms with van der Waals surface area (Å²) >= 11 is 0. The topological polar surface area (TPSA) is 42.4 Å². The minimum Gasteiger partial charge on any atom is -0.468 e. The molecular weight excluding hydrogens is 212 g/mol. The van der Waals surface area contributed by atoms with E-state index in [9.17, 15) is 0 Å². The van der Waals surface area contributed by atoms with Crippen molar-refractivity contribution >= 4 is 0 Å². The standard InChI is InChI=1S/C14H24N2O/c1-4-11(15)13(12-6-5-9-17-12)16-8-7-14(2,3)10-16/h5-6,9,11,13H,4,7-8,10,15H2,1-3H3. The molecule has 2 unspecified atom stereocenters. The first kappa shape index (κ1) is 12.7. The van der Waals surface area contributed by atoms with Crippen molar-refractivity contribution in [3.63, 3.8) is 0 Å². The molecule has 17 heavy (non-hydrogen) atoms. The van der Waals surface area contributed by atoms with Gasteiger partial charge in [-0.2, -0.15) is 0 Å². The van der Waals surface area contributed by atoms with E-state index in [2.05, 4.69) is 25.7 Å². The Balaban J connectivity index is 2.17. The minimum absolute atomic E-state index is 0.148. The lowest BCUT2D eigenvalue weighted by Crippen LogP contribution is -2.40. The van der Waals surface area contributed by atoms with Gasteiger partial charge in [-0.15, -0.1) is 0 Å². The molecule has 0 radical (unpaired) electrons.